The summed E-state index contributed by atoms with van der Waals surface area (Å²) in [6.07, 6.45) is 0. The number of aromatic nitrogens is 1. The Bertz CT molecular complexity index is 938. The van der Waals surface area contributed by atoms with Gasteiger partial charge in [0.15, 0.2) is 0 Å². The molecule has 4 aromatic rings. The van der Waals surface area contributed by atoms with Crippen LogP contribution in [0.25, 0.3) is 33.3 Å². The molecule has 0 aliphatic rings. The number of benzene rings is 3. The first-order valence-corrected chi connectivity index (χ1v) is 8.05. The topological polar surface area (TPSA) is 15.8 Å². The van der Waals surface area contributed by atoms with Gasteiger partial charge < -0.3 is 4.98 Å². The lowest BCUT2D eigenvalue weighted by molar-refractivity contribution is 1.44. The first-order chi connectivity index (χ1) is 10.8. The van der Waals surface area contributed by atoms with Gasteiger partial charge in [-0.3, -0.25) is 0 Å². The van der Waals surface area contributed by atoms with Crippen LogP contribution in [0.15, 0.2) is 83.3 Å². The van der Waals surface area contributed by atoms with Crippen LogP contribution in [0.5, 0.6) is 0 Å². The average Bonchev–Trinajstić information content (AvgIpc) is 2.95. The molecule has 0 bridgehead atoms. The lowest BCUT2D eigenvalue weighted by Gasteiger charge is -2.07. The van der Waals surface area contributed by atoms with Gasteiger partial charge in [-0.25, -0.2) is 0 Å². The normalized spacial score (nSPS) is 11.0. The Balaban J connectivity index is 2.09. The molecule has 106 valence electrons. The van der Waals surface area contributed by atoms with Crippen LogP contribution >= 0.6 is 15.9 Å². The van der Waals surface area contributed by atoms with Crippen molar-refractivity contribution in [2.45, 2.75) is 0 Å². The Morgan fingerprint density at radius 2 is 1.36 bits per heavy atom. The summed E-state index contributed by atoms with van der Waals surface area (Å²) < 4.78 is 1.10. The van der Waals surface area contributed by atoms with Crippen LogP contribution in [-0.4, -0.2) is 4.98 Å². The van der Waals surface area contributed by atoms with Gasteiger partial charge >= 0.3 is 0 Å². The number of rotatable bonds is 2. The fourth-order valence-corrected chi connectivity index (χ4v) is 3.40. The Hall–Kier alpha value is -2.32. The lowest BCUT2D eigenvalue weighted by Crippen LogP contribution is -1.84. The fourth-order valence-electron chi connectivity index (χ4n) is 2.91. The number of hydrogen-bond acceptors (Lipinski definition) is 0. The summed E-state index contributed by atoms with van der Waals surface area (Å²) in [5.74, 6) is 0. The SMILES string of the molecule is Brc1ccccc1-c1[nH]c2ccccc2c1-c1ccccc1. The summed E-state index contributed by atoms with van der Waals surface area (Å²) in [4.78, 5) is 3.59. The third kappa shape index (κ3) is 2.16. The summed E-state index contributed by atoms with van der Waals surface area (Å²) in [6.45, 7) is 0. The first-order valence-electron chi connectivity index (χ1n) is 7.25. The van der Waals surface area contributed by atoms with Crippen LogP contribution in [0, 0.1) is 0 Å². The van der Waals surface area contributed by atoms with Crippen LogP contribution in [0.2, 0.25) is 0 Å². The number of aromatic amines is 1. The Kier molecular flexibility index (Phi) is 3.32. The lowest BCUT2D eigenvalue weighted by atomic mass is 9.98. The van der Waals surface area contributed by atoms with Crippen LogP contribution in [0.3, 0.4) is 0 Å². The predicted octanol–water partition coefficient (Wildman–Crippen LogP) is 6.26. The van der Waals surface area contributed by atoms with Crippen molar-refractivity contribution in [3.63, 3.8) is 0 Å². The molecule has 0 aliphatic heterocycles. The smallest absolute Gasteiger partial charge is 0.0555 e. The minimum atomic E-state index is 1.10. The van der Waals surface area contributed by atoms with Crippen molar-refractivity contribution in [2.24, 2.45) is 0 Å². The van der Waals surface area contributed by atoms with E-state index < -0.39 is 0 Å². The minimum absolute atomic E-state index is 1.10. The molecule has 1 heterocycles. The molecule has 0 saturated carbocycles. The van der Waals surface area contributed by atoms with Crippen molar-refractivity contribution in [1.82, 2.24) is 4.98 Å². The van der Waals surface area contributed by atoms with Gasteiger partial charge in [0.2, 0.25) is 0 Å². The van der Waals surface area contributed by atoms with Gasteiger partial charge in [-0.05, 0) is 17.7 Å². The van der Waals surface area contributed by atoms with Gasteiger partial charge in [-0.1, -0.05) is 82.7 Å². The van der Waals surface area contributed by atoms with E-state index in [1.165, 1.54) is 22.1 Å². The molecule has 0 radical (unpaired) electrons. The third-order valence-corrected chi connectivity index (χ3v) is 4.60. The maximum Gasteiger partial charge on any atom is 0.0555 e. The van der Waals surface area contributed by atoms with E-state index in [1.54, 1.807) is 0 Å². The summed E-state index contributed by atoms with van der Waals surface area (Å²) >= 11 is 3.68. The molecule has 1 aromatic heterocycles. The van der Waals surface area contributed by atoms with Crippen molar-refractivity contribution in [3.05, 3.63) is 83.3 Å². The van der Waals surface area contributed by atoms with E-state index in [1.807, 2.05) is 6.07 Å². The van der Waals surface area contributed by atoms with E-state index in [2.05, 4.69) is 93.7 Å². The highest BCUT2D eigenvalue weighted by Gasteiger charge is 2.15. The minimum Gasteiger partial charge on any atom is -0.354 e. The maximum atomic E-state index is 3.68. The molecule has 0 fully saturated rings. The van der Waals surface area contributed by atoms with Gasteiger partial charge in [-0.15, -0.1) is 0 Å². The fraction of sp³-hybridized carbons (Fsp3) is 0. The molecule has 0 saturated heterocycles. The second-order valence-corrected chi connectivity index (χ2v) is 6.12. The summed E-state index contributed by atoms with van der Waals surface area (Å²) in [5.41, 5.74) is 5.97. The zero-order valence-corrected chi connectivity index (χ0v) is 13.5. The second kappa shape index (κ2) is 5.47. The molecule has 3 aromatic carbocycles. The largest absolute Gasteiger partial charge is 0.354 e. The van der Waals surface area contributed by atoms with E-state index in [9.17, 15) is 0 Å². The zero-order valence-electron chi connectivity index (χ0n) is 11.9. The predicted molar refractivity (Wildman–Crippen MR) is 96.9 cm³/mol. The summed E-state index contributed by atoms with van der Waals surface area (Å²) in [7, 11) is 0. The van der Waals surface area contributed by atoms with Crippen molar-refractivity contribution in [3.8, 4) is 22.4 Å². The van der Waals surface area contributed by atoms with Gasteiger partial charge in [0.1, 0.15) is 0 Å². The Labute approximate surface area is 137 Å². The molecule has 0 spiro atoms. The van der Waals surface area contributed by atoms with Gasteiger partial charge in [-0.2, -0.15) is 0 Å². The van der Waals surface area contributed by atoms with Crippen molar-refractivity contribution < 1.29 is 0 Å². The summed E-state index contributed by atoms with van der Waals surface area (Å²) in [6, 6.07) is 27.3. The van der Waals surface area contributed by atoms with Crippen LogP contribution in [0.4, 0.5) is 0 Å². The molecule has 4 rings (SSSR count). The number of fused-ring (bicyclic) bond motifs is 1. The highest BCUT2D eigenvalue weighted by molar-refractivity contribution is 9.10. The van der Waals surface area contributed by atoms with Crippen molar-refractivity contribution in [1.29, 1.82) is 0 Å². The van der Waals surface area contributed by atoms with Crippen molar-refractivity contribution in [2.75, 3.05) is 0 Å². The molecule has 0 aliphatic carbocycles. The summed E-state index contributed by atoms with van der Waals surface area (Å²) in [5, 5.41) is 1.25. The van der Waals surface area contributed by atoms with E-state index in [-0.39, 0.29) is 0 Å². The number of para-hydroxylation sites is 1. The number of hydrogen-bond donors (Lipinski definition) is 1. The monoisotopic (exact) mass is 347 g/mol. The zero-order chi connectivity index (χ0) is 14.9. The van der Waals surface area contributed by atoms with Gasteiger partial charge in [0.05, 0.1) is 5.69 Å². The van der Waals surface area contributed by atoms with Crippen molar-refractivity contribution >= 4 is 26.8 Å². The van der Waals surface area contributed by atoms with E-state index in [4.69, 9.17) is 0 Å². The Morgan fingerprint density at radius 1 is 0.682 bits per heavy atom. The van der Waals surface area contributed by atoms with E-state index in [0.717, 1.165) is 15.7 Å². The number of halogens is 1. The molecule has 0 amide bonds. The average molecular weight is 348 g/mol. The van der Waals surface area contributed by atoms with Crippen LogP contribution < -0.4 is 0 Å². The quantitative estimate of drug-likeness (QED) is 0.440. The molecular formula is C20H14BrN. The highest BCUT2D eigenvalue weighted by atomic mass is 79.9. The maximum absolute atomic E-state index is 3.68. The molecule has 1 N–H and O–H groups in total. The van der Waals surface area contributed by atoms with Crippen LogP contribution in [-0.2, 0) is 0 Å². The molecule has 22 heavy (non-hydrogen) atoms. The van der Waals surface area contributed by atoms with Crippen LogP contribution in [0.1, 0.15) is 0 Å². The molecule has 0 unspecified atom stereocenters. The Morgan fingerprint density at radius 3 is 2.18 bits per heavy atom. The first kappa shape index (κ1) is 13.4. The van der Waals surface area contributed by atoms with Gasteiger partial charge in [0.25, 0.3) is 0 Å². The van der Waals surface area contributed by atoms with E-state index in [0.29, 0.717) is 0 Å². The highest BCUT2D eigenvalue weighted by Crippen LogP contribution is 2.40. The number of H-pyrrole nitrogens is 1. The standard InChI is InChI=1S/C20H14BrN/c21-17-12-6-4-10-15(17)20-19(14-8-2-1-3-9-14)16-11-5-7-13-18(16)22-20/h1-13,22H. The molecule has 0 atom stereocenters. The second-order valence-electron chi connectivity index (χ2n) is 5.27. The van der Waals surface area contributed by atoms with Gasteiger partial charge in [0, 0.05) is 26.5 Å². The third-order valence-electron chi connectivity index (χ3n) is 3.91. The molecular weight excluding hydrogens is 334 g/mol. The number of nitrogens with one attached hydrogen (secondary N) is 1. The molecule has 1 nitrogen and oxygen atoms in total. The van der Waals surface area contributed by atoms with E-state index >= 15 is 0 Å². The molecule has 2 heteroatoms.